The van der Waals surface area contributed by atoms with Gasteiger partial charge in [-0.15, -0.1) is 0 Å². The number of sulfone groups is 1. The molecule has 0 spiro atoms. The molecule has 106 valence electrons. The summed E-state index contributed by atoms with van der Waals surface area (Å²) >= 11 is 0. The van der Waals surface area contributed by atoms with E-state index in [1.54, 1.807) is 0 Å². The van der Waals surface area contributed by atoms with Crippen LogP contribution in [0.3, 0.4) is 0 Å². The molecular weight excluding hydrogens is 274 g/mol. The normalized spacial score (nSPS) is 34.6. The fourth-order valence-corrected chi connectivity index (χ4v) is 5.22. The molecule has 0 aliphatic carbocycles. The van der Waals surface area contributed by atoms with Gasteiger partial charge in [-0.3, -0.25) is 4.79 Å². The van der Waals surface area contributed by atoms with Crippen molar-refractivity contribution < 1.29 is 27.9 Å². The molecule has 3 atom stereocenters. The maximum absolute atomic E-state index is 12.4. The van der Waals surface area contributed by atoms with Crippen molar-refractivity contribution in [2.75, 3.05) is 0 Å². The molecule has 0 unspecified atom stereocenters. The number of carboxylic acids is 1. The molecule has 0 aromatic rings. The lowest BCUT2D eigenvalue weighted by Gasteiger charge is -2.42. The molecule has 2 fully saturated rings. The van der Waals surface area contributed by atoms with Crippen molar-refractivity contribution in [3.05, 3.63) is 0 Å². The van der Waals surface area contributed by atoms with E-state index in [0.717, 1.165) is 4.90 Å². The lowest BCUT2D eigenvalue weighted by molar-refractivity contribution is -0.164. The van der Waals surface area contributed by atoms with Crippen LogP contribution < -0.4 is 0 Å². The molecule has 2 rings (SSSR count). The maximum Gasteiger partial charge on any atom is 0.328 e. The highest BCUT2D eigenvalue weighted by Gasteiger charge is 2.71. The van der Waals surface area contributed by atoms with Crippen molar-refractivity contribution in [1.82, 2.24) is 4.90 Å². The van der Waals surface area contributed by atoms with Crippen LogP contribution in [0, 0.1) is 5.92 Å². The van der Waals surface area contributed by atoms with Gasteiger partial charge in [-0.2, -0.15) is 0 Å². The van der Waals surface area contributed by atoms with Crippen molar-refractivity contribution >= 4 is 27.5 Å². The van der Waals surface area contributed by atoms with Crippen LogP contribution in [-0.4, -0.2) is 52.2 Å². The number of hydrogen-bond acceptors (Lipinski definition) is 5. The van der Waals surface area contributed by atoms with Gasteiger partial charge in [0.2, 0.25) is 5.91 Å². The predicted octanol–water partition coefficient (Wildman–Crippen LogP) is -0.590. The largest absolute Gasteiger partial charge is 0.480 e. The van der Waals surface area contributed by atoms with Crippen LogP contribution in [0.2, 0.25) is 0 Å². The number of Topliss-reactive ketones (excluding diaryl/α,β-unsaturated/α-hetero) is 1. The molecule has 0 bridgehead atoms. The average molecular weight is 289 g/mol. The van der Waals surface area contributed by atoms with Gasteiger partial charge in [-0.05, 0) is 20.8 Å². The summed E-state index contributed by atoms with van der Waals surface area (Å²) in [4.78, 5) is 35.1. The Morgan fingerprint density at radius 1 is 1.37 bits per heavy atom. The quantitative estimate of drug-likeness (QED) is 0.696. The van der Waals surface area contributed by atoms with Crippen LogP contribution >= 0.6 is 0 Å². The maximum atomic E-state index is 12.4. The molecule has 2 heterocycles. The second-order valence-electron chi connectivity index (χ2n) is 5.54. The van der Waals surface area contributed by atoms with Crippen LogP contribution in [0.25, 0.3) is 0 Å². The van der Waals surface area contributed by atoms with Crippen molar-refractivity contribution in [3.63, 3.8) is 0 Å². The van der Waals surface area contributed by atoms with E-state index < -0.39 is 43.8 Å². The summed E-state index contributed by atoms with van der Waals surface area (Å²) in [6, 6.07) is -1.39. The summed E-state index contributed by atoms with van der Waals surface area (Å²) in [5, 5.41) is 7.98. The molecular formula is C11H15NO6S. The Morgan fingerprint density at radius 3 is 2.32 bits per heavy atom. The third-order valence-electron chi connectivity index (χ3n) is 3.92. The fraction of sp³-hybridized carbons (Fsp3) is 0.727. The first-order valence-corrected chi connectivity index (χ1v) is 7.36. The molecule has 0 radical (unpaired) electrons. The highest BCUT2D eigenvalue weighted by molar-refractivity contribution is 7.93. The summed E-state index contributed by atoms with van der Waals surface area (Å²) < 4.78 is 23.2. The van der Waals surface area contributed by atoms with Gasteiger partial charge in [-0.25, -0.2) is 13.2 Å². The summed E-state index contributed by atoms with van der Waals surface area (Å²) in [5.41, 5.74) is 0. The highest BCUT2D eigenvalue weighted by atomic mass is 32.2. The van der Waals surface area contributed by atoms with E-state index in [1.807, 2.05) is 0 Å². The highest BCUT2D eigenvalue weighted by Crippen LogP contribution is 2.49. The SMILES string of the molecule is CC(=O)C[C@@H]1C(=O)N2[C@@H](C(=O)O)C(C)(C)S(=O)(=O)[C@H]12. The third kappa shape index (κ3) is 1.55. The van der Waals surface area contributed by atoms with Crippen LogP contribution in [0.4, 0.5) is 0 Å². The van der Waals surface area contributed by atoms with E-state index in [0.29, 0.717) is 0 Å². The fourth-order valence-electron chi connectivity index (χ4n) is 2.91. The summed E-state index contributed by atoms with van der Waals surface area (Å²) in [7, 11) is -3.82. The van der Waals surface area contributed by atoms with Crippen LogP contribution in [-0.2, 0) is 24.2 Å². The zero-order chi connectivity index (χ0) is 14.7. The predicted molar refractivity (Wildman–Crippen MR) is 63.8 cm³/mol. The molecule has 2 saturated heterocycles. The molecule has 2 aliphatic rings. The number of β-lactam (4-membered cyclic amide) rings is 1. The van der Waals surface area contributed by atoms with E-state index in [2.05, 4.69) is 0 Å². The smallest absolute Gasteiger partial charge is 0.328 e. The second kappa shape index (κ2) is 3.78. The monoisotopic (exact) mass is 289 g/mol. The zero-order valence-electron chi connectivity index (χ0n) is 10.8. The Morgan fingerprint density at radius 2 is 1.89 bits per heavy atom. The molecule has 1 N–H and O–H groups in total. The van der Waals surface area contributed by atoms with E-state index in [4.69, 9.17) is 5.11 Å². The van der Waals surface area contributed by atoms with E-state index in [9.17, 15) is 22.8 Å². The Kier molecular flexibility index (Phi) is 2.78. The lowest BCUT2D eigenvalue weighted by Crippen LogP contribution is -2.63. The summed E-state index contributed by atoms with van der Waals surface area (Å²) in [6.45, 7) is 3.88. The Bertz CT molecular complexity index is 578. The van der Waals surface area contributed by atoms with Crippen LogP contribution in [0.15, 0.2) is 0 Å². The number of aliphatic carboxylic acids is 1. The first-order chi connectivity index (χ1) is 8.53. The Labute approximate surface area is 110 Å². The number of carbonyl (C=O) groups is 3. The molecule has 0 aromatic carbocycles. The number of hydrogen-bond donors (Lipinski definition) is 1. The number of nitrogens with zero attached hydrogens (tertiary/aromatic N) is 1. The first-order valence-electron chi connectivity index (χ1n) is 5.81. The number of fused-ring (bicyclic) bond motifs is 1. The van der Waals surface area contributed by atoms with E-state index in [-0.39, 0.29) is 12.2 Å². The molecule has 2 aliphatic heterocycles. The van der Waals surface area contributed by atoms with Gasteiger partial charge in [0.05, 0.1) is 10.7 Å². The molecule has 0 saturated carbocycles. The number of carboxylic acid groups (broad SMARTS) is 1. The van der Waals surface area contributed by atoms with Gasteiger partial charge in [0.25, 0.3) is 0 Å². The number of rotatable bonds is 3. The topological polar surface area (TPSA) is 109 Å². The number of amides is 1. The minimum Gasteiger partial charge on any atom is -0.480 e. The van der Waals surface area contributed by atoms with Crippen molar-refractivity contribution in [3.8, 4) is 0 Å². The summed E-state index contributed by atoms with van der Waals surface area (Å²) in [6.07, 6.45) is -0.165. The Balaban J connectivity index is 2.48. The van der Waals surface area contributed by atoms with Gasteiger partial charge < -0.3 is 14.8 Å². The average Bonchev–Trinajstić information content (AvgIpc) is 2.38. The standard InChI is InChI=1S/C11H15NO6S/c1-5(13)4-6-8(14)12-7(10(15)16)11(2,3)19(17,18)9(6)12/h6-7,9H,4H2,1-3H3,(H,15,16)/t6-,7+,9-/m1/s1. The van der Waals surface area contributed by atoms with E-state index >= 15 is 0 Å². The summed E-state index contributed by atoms with van der Waals surface area (Å²) in [5.74, 6) is -3.14. The van der Waals surface area contributed by atoms with Gasteiger partial charge in [0.1, 0.15) is 17.2 Å². The second-order valence-corrected chi connectivity index (χ2v) is 8.16. The third-order valence-corrected chi connectivity index (χ3v) is 6.80. The van der Waals surface area contributed by atoms with Crippen molar-refractivity contribution in [2.24, 2.45) is 5.92 Å². The van der Waals surface area contributed by atoms with Crippen molar-refractivity contribution in [2.45, 2.75) is 43.4 Å². The molecule has 1 amide bonds. The lowest BCUT2D eigenvalue weighted by atomic mass is 9.88. The van der Waals surface area contributed by atoms with Crippen molar-refractivity contribution in [1.29, 1.82) is 0 Å². The molecule has 0 aromatic heterocycles. The van der Waals surface area contributed by atoms with Gasteiger partial charge in [-0.1, -0.05) is 0 Å². The van der Waals surface area contributed by atoms with Gasteiger partial charge in [0.15, 0.2) is 9.84 Å². The minimum absolute atomic E-state index is 0.165. The molecule has 7 nitrogen and oxygen atoms in total. The van der Waals surface area contributed by atoms with Crippen LogP contribution in [0.1, 0.15) is 27.2 Å². The number of carbonyl (C=O) groups excluding carboxylic acids is 2. The van der Waals surface area contributed by atoms with Crippen LogP contribution in [0.5, 0.6) is 0 Å². The van der Waals surface area contributed by atoms with E-state index in [1.165, 1.54) is 20.8 Å². The van der Waals surface area contributed by atoms with Gasteiger partial charge in [0, 0.05) is 6.42 Å². The molecule has 19 heavy (non-hydrogen) atoms. The Hall–Kier alpha value is -1.44. The molecule has 8 heteroatoms. The zero-order valence-corrected chi connectivity index (χ0v) is 11.6. The first kappa shape index (κ1) is 14.0. The number of ketones is 1. The minimum atomic E-state index is -3.82. The van der Waals surface area contributed by atoms with Gasteiger partial charge >= 0.3 is 5.97 Å².